The van der Waals surface area contributed by atoms with E-state index < -0.39 is 6.10 Å². The van der Waals surface area contributed by atoms with Gasteiger partial charge in [-0.05, 0) is 57.8 Å². The Bertz CT molecular complexity index is 1380. The Labute approximate surface area is 498 Å². The quantitative estimate of drug-likeness (QED) is 0.0261. The zero-order valence-electron chi connectivity index (χ0n) is 53.9. The van der Waals surface area contributed by atoms with Crippen LogP contribution in [0.15, 0.2) is 48.6 Å². The molecule has 0 saturated carbocycles. The van der Waals surface area contributed by atoms with Crippen LogP contribution in [0.2, 0.25) is 0 Å². The van der Waals surface area contributed by atoms with E-state index in [2.05, 4.69) is 69.4 Å². The van der Waals surface area contributed by atoms with Gasteiger partial charge in [0, 0.05) is 19.3 Å². The smallest absolute Gasteiger partial charge is 0.306 e. The van der Waals surface area contributed by atoms with Crippen LogP contribution in [0, 0.1) is 0 Å². The fourth-order valence-corrected chi connectivity index (χ4v) is 10.8. The van der Waals surface area contributed by atoms with Crippen molar-refractivity contribution in [3.05, 3.63) is 48.6 Å². The Morgan fingerprint density at radius 2 is 0.487 bits per heavy atom. The van der Waals surface area contributed by atoms with Crippen molar-refractivity contribution < 1.29 is 28.6 Å². The maximum absolute atomic E-state index is 13.0. The summed E-state index contributed by atoms with van der Waals surface area (Å²) in [6.07, 6.45) is 87.3. The largest absolute Gasteiger partial charge is 0.462 e. The normalized spacial score (nSPS) is 12.3. The molecule has 1 atom stereocenters. The van der Waals surface area contributed by atoms with Gasteiger partial charge in [-0.2, -0.15) is 0 Å². The fourth-order valence-electron chi connectivity index (χ4n) is 10.8. The molecule has 468 valence electrons. The van der Waals surface area contributed by atoms with Gasteiger partial charge in [0.2, 0.25) is 0 Å². The minimum atomic E-state index is -0.788. The van der Waals surface area contributed by atoms with Gasteiger partial charge < -0.3 is 14.2 Å². The van der Waals surface area contributed by atoms with E-state index in [1.807, 2.05) is 0 Å². The summed E-state index contributed by atoms with van der Waals surface area (Å²) in [5.74, 6) is -0.896. The summed E-state index contributed by atoms with van der Waals surface area (Å²) in [5, 5.41) is 0. The number of hydrogen-bond donors (Lipinski definition) is 0. The number of ether oxygens (including phenoxy) is 3. The number of esters is 3. The molecule has 0 N–H and O–H groups in total. The van der Waals surface area contributed by atoms with E-state index in [0.29, 0.717) is 19.3 Å². The maximum Gasteiger partial charge on any atom is 0.306 e. The van der Waals surface area contributed by atoms with E-state index in [4.69, 9.17) is 14.2 Å². The second kappa shape index (κ2) is 68.9. The molecule has 0 aromatic carbocycles. The van der Waals surface area contributed by atoms with Gasteiger partial charge in [-0.3, -0.25) is 14.4 Å². The number of hydrogen-bond acceptors (Lipinski definition) is 6. The van der Waals surface area contributed by atoms with Crippen molar-refractivity contribution in [2.75, 3.05) is 13.2 Å². The summed E-state index contributed by atoms with van der Waals surface area (Å²) in [5.41, 5.74) is 0. The summed E-state index contributed by atoms with van der Waals surface area (Å²) in [7, 11) is 0. The second-order valence-electron chi connectivity index (χ2n) is 24.1. The van der Waals surface area contributed by atoms with Crippen LogP contribution in [0.1, 0.15) is 387 Å². The van der Waals surface area contributed by atoms with Gasteiger partial charge >= 0.3 is 17.9 Å². The molecule has 0 aromatic rings. The topological polar surface area (TPSA) is 78.9 Å². The molecule has 0 aliphatic heterocycles. The molecule has 6 nitrogen and oxygen atoms in total. The van der Waals surface area contributed by atoms with Crippen LogP contribution in [-0.2, 0) is 28.6 Å². The third-order valence-corrected chi connectivity index (χ3v) is 16.1. The van der Waals surface area contributed by atoms with Gasteiger partial charge in [0.25, 0.3) is 0 Å². The van der Waals surface area contributed by atoms with Crippen molar-refractivity contribution in [2.24, 2.45) is 0 Å². The molecule has 0 bridgehead atoms. The third kappa shape index (κ3) is 66.2. The van der Waals surface area contributed by atoms with Gasteiger partial charge in [0.05, 0.1) is 0 Å². The summed E-state index contributed by atoms with van der Waals surface area (Å²) >= 11 is 0. The van der Waals surface area contributed by atoms with Crippen LogP contribution in [0.25, 0.3) is 0 Å². The lowest BCUT2D eigenvalue weighted by molar-refractivity contribution is -0.167. The Balaban J connectivity index is 4.27. The molecular weight excluding hydrogens is 985 g/mol. The summed E-state index contributed by atoms with van der Waals surface area (Å²) in [4.78, 5) is 38.4. The lowest BCUT2D eigenvalue weighted by Crippen LogP contribution is -2.30. The molecule has 0 saturated heterocycles. The lowest BCUT2D eigenvalue weighted by atomic mass is 10.0. The molecule has 0 heterocycles. The molecule has 1 unspecified atom stereocenters. The predicted octanol–water partition coefficient (Wildman–Crippen LogP) is 24.5. The minimum absolute atomic E-state index is 0.0809. The van der Waals surface area contributed by atoms with Crippen LogP contribution in [0.3, 0.4) is 0 Å². The molecule has 0 amide bonds. The number of carbonyl (C=O) groups excluding carboxylic acids is 3. The molecule has 0 aromatic heterocycles. The Morgan fingerprint density at radius 1 is 0.263 bits per heavy atom. The predicted molar refractivity (Wildman–Crippen MR) is 349 cm³/mol. The van der Waals surface area contributed by atoms with Crippen LogP contribution < -0.4 is 0 Å². The molecule has 0 aliphatic rings. The summed E-state index contributed by atoms with van der Waals surface area (Å²) < 4.78 is 17.0. The first-order valence-electron chi connectivity index (χ1n) is 35.6. The van der Waals surface area contributed by atoms with Crippen LogP contribution in [-0.4, -0.2) is 37.2 Å². The Kier molecular flexibility index (Phi) is 66.6. The van der Waals surface area contributed by atoms with E-state index in [9.17, 15) is 14.4 Å². The van der Waals surface area contributed by atoms with Gasteiger partial charge in [-0.1, -0.05) is 358 Å². The van der Waals surface area contributed by atoms with Crippen molar-refractivity contribution >= 4 is 17.9 Å². The highest BCUT2D eigenvalue weighted by Gasteiger charge is 2.19. The van der Waals surface area contributed by atoms with Crippen molar-refractivity contribution in [3.63, 3.8) is 0 Å². The molecule has 6 heteroatoms. The molecule has 0 aliphatic carbocycles. The Morgan fingerprint density at radius 3 is 0.762 bits per heavy atom. The van der Waals surface area contributed by atoms with Crippen molar-refractivity contribution in [1.29, 1.82) is 0 Å². The van der Waals surface area contributed by atoms with E-state index >= 15 is 0 Å². The highest BCUT2D eigenvalue weighted by molar-refractivity contribution is 5.71. The third-order valence-electron chi connectivity index (χ3n) is 16.1. The average molecular weight is 1120 g/mol. The molecule has 80 heavy (non-hydrogen) atoms. The van der Waals surface area contributed by atoms with Gasteiger partial charge in [0.1, 0.15) is 13.2 Å². The Hall–Kier alpha value is -2.63. The molecule has 0 rings (SSSR count). The average Bonchev–Trinajstić information content (AvgIpc) is 3.46. The van der Waals surface area contributed by atoms with Crippen molar-refractivity contribution in [2.45, 2.75) is 393 Å². The first kappa shape index (κ1) is 77.4. The first-order chi connectivity index (χ1) is 39.5. The molecule has 0 fully saturated rings. The summed E-state index contributed by atoms with van der Waals surface area (Å²) in [6, 6.07) is 0. The van der Waals surface area contributed by atoms with E-state index in [0.717, 1.165) is 83.5 Å². The standard InChI is InChI=1S/C74H136O6/c1-4-7-10-13-16-19-22-25-28-30-32-34-36-37-38-40-41-43-46-49-52-55-58-61-64-67-73(76)79-70-71(69-78-72(75)66-63-60-57-54-51-48-45-27-24-21-18-15-12-9-6-3)80-74(77)68-65-62-59-56-53-50-47-44-42-39-35-33-31-29-26-23-20-17-14-11-8-5-2/h9,12,18,21,27,45,51,54,71H,4-8,10-11,13-17,19-20,22-26,28-44,46-50,52-53,55-70H2,1-3H3/b12-9-,21-18-,45-27-,54-51-. The number of allylic oxidation sites excluding steroid dienone is 8. The SMILES string of the molecule is CC/C=C\C/C=C\C/C=C\C/C=C\CCCCC(=O)OCC(COC(=O)CCCCCCCCCCCCCCCCCCCCCCCCCCC)OC(=O)CCCCCCCCCCCCCCCCCCCCCCCC. The van der Waals surface area contributed by atoms with Crippen LogP contribution >= 0.6 is 0 Å². The second-order valence-corrected chi connectivity index (χ2v) is 24.1. The molecule has 0 radical (unpaired) electrons. The number of carbonyl (C=O) groups is 3. The first-order valence-corrected chi connectivity index (χ1v) is 35.6. The molecular formula is C74H136O6. The highest BCUT2D eigenvalue weighted by atomic mass is 16.6. The fraction of sp³-hybridized carbons (Fsp3) is 0.851. The monoisotopic (exact) mass is 1120 g/mol. The van der Waals surface area contributed by atoms with Crippen LogP contribution in [0.5, 0.6) is 0 Å². The zero-order valence-corrected chi connectivity index (χ0v) is 53.9. The van der Waals surface area contributed by atoms with Crippen LogP contribution in [0.4, 0.5) is 0 Å². The number of unbranched alkanes of at least 4 members (excludes halogenated alkanes) is 47. The number of rotatable bonds is 66. The lowest BCUT2D eigenvalue weighted by Gasteiger charge is -2.18. The highest BCUT2D eigenvalue weighted by Crippen LogP contribution is 2.19. The van der Waals surface area contributed by atoms with Gasteiger partial charge in [-0.25, -0.2) is 0 Å². The van der Waals surface area contributed by atoms with E-state index in [-0.39, 0.29) is 31.1 Å². The van der Waals surface area contributed by atoms with Crippen molar-refractivity contribution in [3.8, 4) is 0 Å². The minimum Gasteiger partial charge on any atom is -0.462 e. The van der Waals surface area contributed by atoms with Gasteiger partial charge in [-0.15, -0.1) is 0 Å². The maximum atomic E-state index is 13.0. The van der Waals surface area contributed by atoms with E-state index in [1.165, 1.54) is 263 Å². The molecule has 0 spiro atoms. The summed E-state index contributed by atoms with van der Waals surface area (Å²) in [6.45, 7) is 6.57. The van der Waals surface area contributed by atoms with Crippen molar-refractivity contribution in [1.82, 2.24) is 0 Å². The van der Waals surface area contributed by atoms with Gasteiger partial charge in [0.15, 0.2) is 6.10 Å². The van der Waals surface area contributed by atoms with E-state index in [1.54, 1.807) is 0 Å². The zero-order chi connectivity index (χ0) is 57.8.